The van der Waals surface area contributed by atoms with Gasteiger partial charge >= 0.3 is 6.09 Å². The molecule has 7 heteroatoms. The minimum absolute atomic E-state index is 0.165. The minimum atomic E-state index is -1.04. The first kappa shape index (κ1) is 15.2. The molecular formula is C16H16FN3O3. The molecule has 120 valence electrons. The standard InChI is InChI=1S/C16H16FN3O3/c17-14-13(11-2-1-5-18-7-11)6-12(8-19-14)23-10-16(3-4-16)9-20-15(21)22/h1-2,5-8,20H,3-4,9-10H2,(H,21,22). The summed E-state index contributed by atoms with van der Waals surface area (Å²) in [6.45, 7) is 0.722. The molecule has 0 unspecified atom stereocenters. The van der Waals surface area contributed by atoms with Crippen molar-refractivity contribution in [2.45, 2.75) is 12.8 Å². The molecule has 0 saturated heterocycles. The predicted octanol–water partition coefficient (Wildman–Crippen LogP) is 2.71. The zero-order valence-electron chi connectivity index (χ0n) is 12.3. The van der Waals surface area contributed by atoms with Crippen LogP contribution in [0.3, 0.4) is 0 Å². The highest BCUT2D eigenvalue weighted by molar-refractivity contribution is 5.64. The Balaban J connectivity index is 1.69. The molecule has 2 heterocycles. The van der Waals surface area contributed by atoms with E-state index in [2.05, 4.69) is 15.3 Å². The van der Waals surface area contributed by atoms with Gasteiger partial charge in [-0.25, -0.2) is 9.78 Å². The number of rotatable bonds is 6. The molecule has 2 aromatic heterocycles. The number of hydrogen-bond acceptors (Lipinski definition) is 4. The van der Waals surface area contributed by atoms with E-state index >= 15 is 0 Å². The predicted molar refractivity (Wildman–Crippen MR) is 80.6 cm³/mol. The van der Waals surface area contributed by atoms with Crippen LogP contribution in [0.15, 0.2) is 36.8 Å². The van der Waals surface area contributed by atoms with Crippen molar-refractivity contribution in [2.75, 3.05) is 13.2 Å². The van der Waals surface area contributed by atoms with Crippen LogP contribution in [0.5, 0.6) is 5.75 Å². The molecule has 0 aliphatic heterocycles. The number of halogens is 1. The summed E-state index contributed by atoms with van der Waals surface area (Å²) < 4.78 is 19.6. The monoisotopic (exact) mass is 317 g/mol. The highest BCUT2D eigenvalue weighted by Gasteiger charge is 2.43. The number of pyridine rings is 2. The second-order valence-electron chi connectivity index (χ2n) is 5.70. The second-order valence-corrected chi connectivity index (χ2v) is 5.70. The molecule has 0 spiro atoms. The van der Waals surface area contributed by atoms with Gasteiger partial charge in [-0.2, -0.15) is 4.39 Å². The van der Waals surface area contributed by atoms with E-state index in [1.54, 1.807) is 30.6 Å². The molecule has 23 heavy (non-hydrogen) atoms. The highest BCUT2D eigenvalue weighted by Crippen LogP contribution is 2.45. The Bertz CT molecular complexity index is 705. The van der Waals surface area contributed by atoms with Crippen molar-refractivity contribution >= 4 is 6.09 Å². The SMILES string of the molecule is O=C(O)NCC1(COc2cnc(F)c(-c3cccnc3)c2)CC1. The van der Waals surface area contributed by atoms with Crippen LogP contribution in [0, 0.1) is 11.4 Å². The Labute approximate surface area is 132 Å². The largest absolute Gasteiger partial charge is 0.491 e. The van der Waals surface area contributed by atoms with Gasteiger partial charge in [0.25, 0.3) is 0 Å². The maximum atomic E-state index is 13.9. The number of ether oxygens (including phenoxy) is 1. The lowest BCUT2D eigenvalue weighted by molar-refractivity contribution is 0.184. The average Bonchev–Trinajstić information content (AvgIpc) is 3.34. The Kier molecular flexibility index (Phi) is 4.10. The van der Waals surface area contributed by atoms with Crippen LogP contribution < -0.4 is 10.1 Å². The van der Waals surface area contributed by atoms with Crippen LogP contribution in [0.4, 0.5) is 9.18 Å². The number of aromatic nitrogens is 2. The first-order valence-corrected chi connectivity index (χ1v) is 7.24. The van der Waals surface area contributed by atoms with Crippen molar-refractivity contribution in [1.82, 2.24) is 15.3 Å². The number of hydrogen-bond donors (Lipinski definition) is 2. The first-order chi connectivity index (χ1) is 11.1. The lowest BCUT2D eigenvalue weighted by Gasteiger charge is -2.16. The summed E-state index contributed by atoms with van der Waals surface area (Å²) in [7, 11) is 0. The van der Waals surface area contributed by atoms with Gasteiger partial charge in [0.1, 0.15) is 5.75 Å². The van der Waals surface area contributed by atoms with Crippen LogP contribution >= 0.6 is 0 Å². The van der Waals surface area contributed by atoms with Crippen LogP contribution in [0.2, 0.25) is 0 Å². The van der Waals surface area contributed by atoms with Crippen molar-refractivity contribution in [1.29, 1.82) is 0 Å². The number of amides is 1. The van der Waals surface area contributed by atoms with Crippen molar-refractivity contribution in [3.63, 3.8) is 0 Å². The maximum Gasteiger partial charge on any atom is 0.404 e. The molecular weight excluding hydrogens is 301 g/mol. The van der Waals surface area contributed by atoms with Gasteiger partial charge in [-0.3, -0.25) is 4.98 Å². The Hall–Kier alpha value is -2.70. The summed E-state index contributed by atoms with van der Waals surface area (Å²) >= 11 is 0. The third-order valence-corrected chi connectivity index (χ3v) is 3.90. The fourth-order valence-corrected chi connectivity index (χ4v) is 2.28. The lowest BCUT2D eigenvalue weighted by atomic mass is 10.1. The Morgan fingerprint density at radius 1 is 1.43 bits per heavy atom. The van der Waals surface area contributed by atoms with Gasteiger partial charge in [-0.1, -0.05) is 6.07 Å². The van der Waals surface area contributed by atoms with Gasteiger partial charge in [0.2, 0.25) is 5.95 Å². The van der Waals surface area contributed by atoms with E-state index in [4.69, 9.17) is 9.84 Å². The van der Waals surface area contributed by atoms with E-state index < -0.39 is 12.0 Å². The molecule has 1 aliphatic carbocycles. The zero-order chi connectivity index (χ0) is 16.3. The van der Waals surface area contributed by atoms with Gasteiger partial charge in [0, 0.05) is 35.5 Å². The van der Waals surface area contributed by atoms with E-state index in [0.29, 0.717) is 30.0 Å². The topological polar surface area (TPSA) is 84.3 Å². The maximum absolute atomic E-state index is 13.9. The average molecular weight is 317 g/mol. The normalized spacial score (nSPS) is 15.0. The van der Waals surface area contributed by atoms with E-state index in [0.717, 1.165) is 12.8 Å². The molecule has 0 bridgehead atoms. The minimum Gasteiger partial charge on any atom is -0.491 e. The summed E-state index contributed by atoms with van der Waals surface area (Å²) in [5.74, 6) is -0.133. The van der Waals surface area contributed by atoms with Crippen LogP contribution in [0.1, 0.15) is 12.8 Å². The van der Waals surface area contributed by atoms with Crippen LogP contribution in [-0.2, 0) is 0 Å². The quantitative estimate of drug-likeness (QED) is 0.800. The smallest absolute Gasteiger partial charge is 0.404 e. The van der Waals surface area contributed by atoms with E-state index in [9.17, 15) is 9.18 Å². The van der Waals surface area contributed by atoms with Crippen molar-refractivity contribution < 1.29 is 19.0 Å². The number of nitrogens with one attached hydrogen (secondary N) is 1. The molecule has 1 amide bonds. The third-order valence-electron chi connectivity index (χ3n) is 3.90. The van der Waals surface area contributed by atoms with Gasteiger partial charge < -0.3 is 15.2 Å². The summed E-state index contributed by atoms with van der Waals surface area (Å²) in [4.78, 5) is 18.3. The summed E-state index contributed by atoms with van der Waals surface area (Å²) in [5.41, 5.74) is 0.780. The lowest BCUT2D eigenvalue weighted by Crippen LogP contribution is -2.31. The van der Waals surface area contributed by atoms with Crippen LogP contribution in [0.25, 0.3) is 11.1 Å². The number of carbonyl (C=O) groups is 1. The van der Waals surface area contributed by atoms with E-state index in [-0.39, 0.29) is 5.41 Å². The Morgan fingerprint density at radius 2 is 2.26 bits per heavy atom. The number of nitrogens with zero attached hydrogens (tertiary/aromatic N) is 2. The third kappa shape index (κ3) is 3.74. The molecule has 0 radical (unpaired) electrons. The van der Waals surface area contributed by atoms with Gasteiger partial charge in [0.15, 0.2) is 0 Å². The summed E-state index contributed by atoms with van der Waals surface area (Å²) in [6.07, 6.45) is 5.26. The molecule has 1 saturated carbocycles. The van der Waals surface area contributed by atoms with Gasteiger partial charge in [0.05, 0.1) is 12.8 Å². The van der Waals surface area contributed by atoms with Crippen molar-refractivity contribution in [3.05, 3.63) is 42.7 Å². The summed E-state index contributed by atoms with van der Waals surface area (Å²) in [5, 5.41) is 11.1. The molecule has 0 aromatic carbocycles. The molecule has 1 aliphatic rings. The Morgan fingerprint density at radius 3 is 2.91 bits per heavy atom. The molecule has 0 atom stereocenters. The molecule has 6 nitrogen and oxygen atoms in total. The van der Waals surface area contributed by atoms with E-state index in [1.165, 1.54) is 6.20 Å². The van der Waals surface area contributed by atoms with Gasteiger partial charge in [-0.05, 0) is 25.0 Å². The van der Waals surface area contributed by atoms with E-state index in [1.807, 2.05) is 0 Å². The molecule has 1 fully saturated rings. The molecule has 2 N–H and O–H groups in total. The van der Waals surface area contributed by atoms with Crippen molar-refractivity contribution in [2.24, 2.45) is 5.41 Å². The fourth-order valence-electron chi connectivity index (χ4n) is 2.28. The molecule has 3 rings (SSSR count). The summed E-state index contributed by atoms with van der Waals surface area (Å²) in [6, 6.07) is 5.05. The van der Waals surface area contributed by atoms with Crippen LogP contribution in [-0.4, -0.2) is 34.3 Å². The number of carboxylic acid groups (broad SMARTS) is 1. The molecule has 2 aromatic rings. The van der Waals surface area contributed by atoms with Gasteiger partial charge in [-0.15, -0.1) is 0 Å². The highest BCUT2D eigenvalue weighted by atomic mass is 19.1. The second kappa shape index (κ2) is 6.20. The fraction of sp³-hybridized carbons (Fsp3) is 0.312. The van der Waals surface area contributed by atoms with Crippen molar-refractivity contribution in [3.8, 4) is 16.9 Å². The zero-order valence-corrected chi connectivity index (χ0v) is 12.3. The first-order valence-electron chi connectivity index (χ1n) is 7.24.